The van der Waals surface area contributed by atoms with Gasteiger partial charge in [-0.05, 0) is 26.8 Å². The number of aliphatic hydroxyl groups is 2. The lowest BCUT2D eigenvalue weighted by molar-refractivity contribution is 0.178. The molecule has 0 amide bonds. The monoisotopic (exact) mass is 147 g/mol. The van der Waals surface area contributed by atoms with Gasteiger partial charge in [0.2, 0.25) is 0 Å². The fourth-order valence-electron chi connectivity index (χ4n) is 0.603. The van der Waals surface area contributed by atoms with E-state index in [1.54, 1.807) is 6.92 Å². The van der Waals surface area contributed by atoms with Crippen LogP contribution in [0.25, 0.3) is 0 Å². The Bertz CT molecular complexity index is 76.0. The highest BCUT2D eigenvalue weighted by Gasteiger charge is 1.98. The Labute approximate surface area is 62.1 Å². The van der Waals surface area contributed by atoms with Gasteiger partial charge in [-0.1, -0.05) is 0 Å². The molecule has 0 bridgehead atoms. The van der Waals surface area contributed by atoms with Crippen LogP contribution in [0.5, 0.6) is 0 Å². The molecule has 3 heteroatoms. The van der Waals surface area contributed by atoms with E-state index in [9.17, 15) is 0 Å². The van der Waals surface area contributed by atoms with Gasteiger partial charge < -0.3 is 15.5 Å². The van der Waals surface area contributed by atoms with Crippen molar-refractivity contribution in [2.75, 3.05) is 13.2 Å². The standard InChI is InChI=1S/C7H17NO2/c1-6(5-9)8-4-3-7(2)10/h6-10H,3-5H2,1-2H3. The van der Waals surface area contributed by atoms with Crippen molar-refractivity contribution < 1.29 is 10.2 Å². The molecule has 2 atom stereocenters. The second kappa shape index (κ2) is 5.65. The molecule has 0 aromatic rings. The fourth-order valence-corrected chi connectivity index (χ4v) is 0.603. The van der Waals surface area contributed by atoms with E-state index >= 15 is 0 Å². The van der Waals surface area contributed by atoms with Crippen LogP contribution < -0.4 is 5.32 Å². The molecule has 2 unspecified atom stereocenters. The van der Waals surface area contributed by atoms with Gasteiger partial charge in [0.25, 0.3) is 0 Å². The zero-order valence-electron chi connectivity index (χ0n) is 6.67. The third-order valence-corrected chi connectivity index (χ3v) is 1.33. The highest BCUT2D eigenvalue weighted by atomic mass is 16.3. The van der Waals surface area contributed by atoms with Gasteiger partial charge in [-0.3, -0.25) is 0 Å². The van der Waals surface area contributed by atoms with Crippen molar-refractivity contribution in [3.63, 3.8) is 0 Å². The minimum Gasteiger partial charge on any atom is -0.395 e. The summed E-state index contributed by atoms with van der Waals surface area (Å²) < 4.78 is 0. The first kappa shape index (κ1) is 9.88. The van der Waals surface area contributed by atoms with E-state index in [1.807, 2.05) is 6.92 Å². The molecule has 0 rings (SSSR count). The predicted molar refractivity (Wildman–Crippen MR) is 40.8 cm³/mol. The molecular weight excluding hydrogens is 130 g/mol. The highest BCUT2D eigenvalue weighted by molar-refractivity contribution is 4.58. The quantitative estimate of drug-likeness (QED) is 0.501. The lowest BCUT2D eigenvalue weighted by Crippen LogP contribution is -2.31. The van der Waals surface area contributed by atoms with E-state index in [0.717, 1.165) is 13.0 Å². The maximum atomic E-state index is 8.84. The van der Waals surface area contributed by atoms with E-state index < -0.39 is 0 Å². The summed E-state index contributed by atoms with van der Waals surface area (Å²) >= 11 is 0. The van der Waals surface area contributed by atoms with Crippen LogP contribution in [0.3, 0.4) is 0 Å². The van der Waals surface area contributed by atoms with Crippen LogP contribution in [-0.4, -0.2) is 35.5 Å². The molecule has 0 saturated carbocycles. The summed E-state index contributed by atoms with van der Waals surface area (Å²) in [6, 6.07) is 0.138. The molecular formula is C7H17NO2. The van der Waals surface area contributed by atoms with Crippen LogP contribution in [0.2, 0.25) is 0 Å². The Kier molecular flexibility index (Phi) is 5.58. The first-order valence-electron chi connectivity index (χ1n) is 3.69. The average molecular weight is 147 g/mol. The molecule has 0 saturated heterocycles. The molecule has 0 aliphatic heterocycles. The van der Waals surface area contributed by atoms with Crippen molar-refractivity contribution in [1.29, 1.82) is 0 Å². The Morgan fingerprint density at radius 3 is 2.40 bits per heavy atom. The summed E-state index contributed by atoms with van der Waals surface area (Å²) in [4.78, 5) is 0. The Balaban J connectivity index is 3.03. The van der Waals surface area contributed by atoms with Crippen LogP contribution >= 0.6 is 0 Å². The van der Waals surface area contributed by atoms with E-state index in [4.69, 9.17) is 10.2 Å². The van der Waals surface area contributed by atoms with Gasteiger partial charge in [0.1, 0.15) is 0 Å². The number of hydrogen-bond donors (Lipinski definition) is 3. The molecule has 0 aliphatic rings. The van der Waals surface area contributed by atoms with Crippen molar-refractivity contribution in [1.82, 2.24) is 5.32 Å². The fraction of sp³-hybridized carbons (Fsp3) is 1.00. The molecule has 0 radical (unpaired) electrons. The summed E-state index contributed by atoms with van der Waals surface area (Å²) in [5, 5.41) is 20.5. The summed E-state index contributed by atoms with van der Waals surface area (Å²) in [7, 11) is 0. The zero-order chi connectivity index (χ0) is 7.98. The minimum atomic E-state index is -0.251. The van der Waals surface area contributed by atoms with Gasteiger partial charge in [-0.2, -0.15) is 0 Å². The molecule has 10 heavy (non-hydrogen) atoms. The van der Waals surface area contributed by atoms with E-state index in [-0.39, 0.29) is 18.8 Å². The van der Waals surface area contributed by atoms with Gasteiger partial charge in [0, 0.05) is 6.04 Å². The van der Waals surface area contributed by atoms with E-state index in [0.29, 0.717) is 0 Å². The number of aliphatic hydroxyl groups excluding tert-OH is 2. The van der Waals surface area contributed by atoms with Crippen molar-refractivity contribution in [2.45, 2.75) is 32.4 Å². The summed E-state index contributed by atoms with van der Waals surface area (Å²) in [6.07, 6.45) is 0.489. The van der Waals surface area contributed by atoms with Gasteiger partial charge in [0.15, 0.2) is 0 Å². The smallest absolute Gasteiger partial charge is 0.0581 e. The molecule has 3 nitrogen and oxygen atoms in total. The SMILES string of the molecule is CC(O)CCNC(C)CO. The lowest BCUT2D eigenvalue weighted by atomic mass is 10.2. The number of rotatable bonds is 5. The number of nitrogens with one attached hydrogen (secondary N) is 1. The van der Waals surface area contributed by atoms with Crippen LogP contribution in [0.1, 0.15) is 20.3 Å². The molecule has 0 spiro atoms. The second-order valence-electron chi connectivity index (χ2n) is 2.68. The summed E-state index contributed by atoms with van der Waals surface area (Å²) in [5.74, 6) is 0. The lowest BCUT2D eigenvalue weighted by Gasteiger charge is -2.10. The molecule has 62 valence electrons. The molecule has 0 aliphatic carbocycles. The topological polar surface area (TPSA) is 52.5 Å². The summed E-state index contributed by atoms with van der Waals surface area (Å²) in [5.41, 5.74) is 0. The van der Waals surface area contributed by atoms with Gasteiger partial charge in [-0.15, -0.1) is 0 Å². The van der Waals surface area contributed by atoms with Crippen molar-refractivity contribution >= 4 is 0 Å². The third kappa shape index (κ3) is 6.01. The van der Waals surface area contributed by atoms with E-state index in [2.05, 4.69) is 5.32 Å². The Hall–Kier alpha value is -0.120. The maximum Gasteiger partial charge on any atom is 0.0581 e. The molecule has 0 fully saturated rings. The Morgan fingerprint density at radius 2 is 2.00 bits per heavy atom. The third-order valence-electron chi connectivity index (χ3n) is 1.33. The van der Waals surface area contributed by atoms with Crippen LogP contribution in [0.15, 0.2) is 0 Å². The van der Waals surface area contributed by atoms with Gasteiger partial charge >= 0.3 is 0 Å². The maximum absolute atomic E-state index is 8.84. The molecule has 3 N–H and O–H groups in total. The largest absolute Gasteiger partial charge is 0.395 e. The van der Waals surface area contributed by atoms with Gasteiger partial charge in [0.05, 0.1) is 12.7 Å². The Morgan fingerprint density at radius 1 is 1.40 bits per heavy atom. The van der Waals surface area contributed by atoms with Crippen LogP contribution in [0, 0.1) is 0 Å². The van der Waals surface area contributed by atoms with Gasteiger partial charge in [-0.25, -0.2) is 0 Å². The second-order valence-corrected chi connectivity index (χ2v) is 2.68. The van der Waals surface area contributed by atoms with Crippen molar-refractivity contribution in [3.8, 4) is 0 Å². The zero-order valence-corrected chi connectivity index (χ0v) is 6.67. The first-order valence-corrected chi connectivity index (χ1v) is 3.69. The van der Waals surface area contributed by atoms with E-state index in [1.165, 1.54) is 0 Å². The molecule has 0 aromatic carbocycles. The molecule has 0 heterocycles. The molecule has 0 aromatic heterocycles. The normalized spacial score (nSPS) is 16.8. The summed E-state index contributed by atoms with van der Waals surface area (Å²) in [6.45, 7) is 4.58. The van der Waals surface area contributed by atoms with Crippen molar-refractivity contribution in [3.05, 3.63) is 0 Å². The average Bonchev–Trinajstić information content (AvgIpc) is 1.87. The predicted octanol–water partition coefficient (Wildman–Crippen LogP) is -0.272. The van der Waals surface area contributed by atoms with Crippen LogP contribution in [0.4, 0.5) is 0 Å². The van der Waals surface area contributed by atoms with Crippen molar-refractivity contribution in [2.24, 2.45) is 0 Å². The highest BCUT2D eigenvalue weighted by Crippen LogP contribution is 1.87. The minimum absolute atomic E-state index is 0.138. The first-order chi connectivity index (χ1) is 4.66. The van der Waals surface area contributed by atoms with Crippen LogP contribution in [-0.2, 0) is 0 Å². The number of hydrogen-bond acceptors (Lipinski definition) is 3.